The lowest BCUT2D eigenvalue weighted by molar-refractivity contribution is 0.324. The Hall–Kier alpha value is -3.52. The van der Waals surface area contributed by atoms with Gasteiger partial charge in [0, 0.05) is 16.7 Å². The minimum atomic E-state index is -3.85. The Morgan fingerprint density at radius 2 is 0.543 bits per heavy atom. The summed E-state index contributed by atoms with van der Waals surface area (Å²) in [5.41, 5.74) is -7.69. The second kappa shape index (κ2) is 8.92. The molecule has 0 aliphatic rings. The number of ether oxygens (including phenoxy) is 1. The van der Waals surface area contributed by atoms with Gasteiger partial charge in [-0.1, -0.05) is 0 Å². The van der Waals surface area contributed by atoms with E-state index in [4.69, 9.17) is 0 Å². The molecule has 0 amide bonds. The van der Waals surface area contributed by atoms with Crippen LogP contribution in [0, 0.1) is 81.4 Å². The molecular formula is C20H4F14O. The minimum Gasteiger partial charge on any atom is -0.491 e. The van der Waals surface area contributed by atoms with Crippen molar-refractivity contribution >= 4 is 0 Å². The molecule has 0 aliphatic carbocycles. The highest BCUT2D eigenvalue weighted by Gasteiger charge is 2.42. The van der Waals surface area contributed by atoms with Crippen LogP contribution in [0.4, 0.5) is 61.5 Å². The number of hydrogen-bond donors (Lipinski definition) is 0. The van der Waals surface area contributed by atoms with Gasteiger partial charge in [0.25, 0.3) is 0 Å². The molecule has 0 N–H and O–H groups in total. The van der Waals surface area contributed by atoms with Crippen molar-refractivity contribution in [2.75, 3.05) is 7.11 Å². The molecule has 3 aromatic carbocycles. The number of rotatable bonds is 4. The Morgan fingerprint density at radius 1 is 0.343 bits per heavy atom. The highest BCUT2D eigenvalue weighted by molar-refractivity contribution is 5.49. The van der Waals surface area contributed by atoms with Gasteiger partial charge in [-0.2, -0.15) is 8.78 Å². The number of halogens is 14. The average Bonchev–Trinajstić information content (AvgIpc) is 2.83. The van der Waals surface area contributed by atoms with Crippen molar-refractivity contribution in [3.8, 4) is 5.75 Å². The number of methoxy groups -OCH3 is 1. The molecule has 0 aliphatic heterocycles. The smallest absolute Gasteiger partial charge is 0.204 e. The van der Waals surface area contributed by atoms with Gasteiger partial charge in [0.05, 0.1) is 13.0 Å². The first kappa shape index (κ1) is 26.1. The Morgan fingerprint density at radius 3 is 0.771 bits per heavy atom. The van der Waals surface area contributed by atoms with Crippen LogP contribution in [0.25, 0.3) is 0 Å². The van der Waals surface area contributed by atoms with Crippen molar-refractivity contribution in [2.45, 2.75) is 5.92 Å². The predicted octanol–water partition coefficient (Wildman–Crippen LogP) is 6.82. The van der Waals surface area contributed by atoms with Crippen molar-refractivity contribution in [2.24, 2.45) is 0 Å². The van der Waals surface area contributed by atoms with Crippen LogP contribution >= 0.6 is 0 Å². The summed E-state index contributed by atoms with van der Waals surface area (Å²) >= 11 is 0. The molecule has 0 spiro atoms. The van der Waals surface area contributed by atoms with Gasteiger partial charge < -0.3 is 4.74 Å². The van der Waals surface area contributed by atoms with E-state index in [2.05, 4.69) is 4.74 Å². The maximum absolute atomic E-state index is 14.7. The van der Waals surface area contributed by atoms with Gasteiger partial charge in [-0.25, -0.2) is 52.7 Å². The Bertz CT molecular complexity index is 1230. The molecule has 0 saturated carbocycles. The molecule has 0 saturated heterocycles. The molecule has 0 radical (unpaired) electrons. The van der Waals surface area contributed by atoms with Gasteiger partial charge in [0.1, 0.15) is 0 Å². The maximum atomic E-state index is 14.7. The van der Waals surface area contributed by atoms with Crippen LogP contribution in [0.5, 0.6) is 5.75 Å². The number of hydrogen-bond acceptors (Lipinski definition) is 1. The molecule has 0 heterocycles. The fourth-order valence-electron chi connectivity index (χ4n) is 3.24. The van der Waals surface area contributed by atoms with Gasteiger partial charge in [0.2, 0.25) is 23.3 Å². The van der Waals surface area contributed by atoms with Gasteiger partial charge in [-0.05, 0) is 0 Å². The maximum Gasteiger partial charge on any atom is 0.204 e. The average molecular weight is 526 g/mol. The molecule has 0 bridgehead atoms. The molecule has 0 atom stereocenters. The molecule has 0 aromatic heterocycles. The van der Waals surface area contributed by atoms with Crippen molar-refractivity contribution in [1.82, 2.24) is 0 Å². The predicted molar refractivity (Wildman–Crippen MR) is 86.2 cm³/mol. The van der Waals surface area contributed by atoms with Crippen molar-refractivity contribution in [3.05, 3.63) is 98.1 Å². The standard InChI is InChI=1S/C20H4F14O/c1-35-20-18(33)10(25)5(11(26)19(20)34)2(3-6(21)12(27)16(31)13(28)7(3)22)4-8(23)14(29)17(32)15(30)9(4)24/h2H,1H3. The second-order valence-electron chi connectivity index (χ2n) is 6.60. The SMILES string of the molecule is COc1c(F)c(F)c(C(c2c(F)c(F)c(F)c(F)c2F)c2c(F)c(F)c(F)c(F)c2F)c(F)c1F. The molecular weight excluding hydrogens is 522 g/mol. The van der Waals surface area contributed by atoms with Gasteiger partial charge in [-0.3, -0.25) is 0 Å². The first-order valence-electron chi connectivity index (χ1n) is 8.62. The summed E-state index contributed by atoms with van der Waals surface area (Å²) < 4.78 is 202. The molecule has 35 heavy (non-hydrogen) atoms. The molecule has 3 rings (SSSR count). The normalized spacial score (nSPS) is 11.5. The molecule has 0 unspecified atom stereocenters. The van der Waals surface area contributed by atoms with Crippen LogP contribution in [-0.4, -0.2) is 7.11 Å². The summed E-state index contributed by atoms with van der Waals surface area (Å²) in [6.45, 7) is 0. The molecule has 3 aromatic rings. The third-order valence-corrected chi connectivity index (χ3v) is 4.81. The first-order valence-corrected chi connectivity index (χ1v) is 8.62. The summed E-state index contributed by atoms with van der Waals surface area (Å²) in [5.74, 6) is -45.9. The van der Waals surface area contributed by atoms with Crippen LogP contribution < -0.4 is 4.74 Å². The summed E-state index contributed by atoms with van der Waals surface area (Å²) in [4.78, 5) is 0. The monoisotopic (exact) mass is 526 g/mol. The van der Waals surface area contributed by atoms with Crippen LogP contribution in [-0.2, 0) is 0 Å². The quantitative estimate of drug-likeness (QED) is 0.157. The Labute approximate surface area is 184 Å². The molecule has 188 valence electrons. The van der Waals surface area contributed by atoms with Crippen molar-refractivity contribution in [3.63, 3.8) is 0 Å². The zero-order chi connectivity index (χ0) is 26.7. The summed E-state index contributed by atoms with van der Waals surface area (Å²) in [7, 11) is 0.464. The zero-order valence-electron chi connectivity index (χ0n) is 16.3. The van der Waals surface area contributed by atoms with Crippen LogP contribution in [0.15, 0.2) is 0 Å². The summed E-state index contributed by atoms with van der Waals surface area (Å²) in [6.07, 6.45) is 0. The van der Waals surface area contributed by atoms with E-state index in [-0.39, 0.29) is 0 Å². The van der Waals surface area contributed by atoms with E-state index in [1.54, 1.807) is 0 Å². The molecule has 15 heteroatoms. The lowest BCUT2D eigenvalue weighted by Gasteiger charge is -2.24. The summed E-state index contributed by atoms with van der Waals surface area (Å²) in [5, 5.41) is 0. The van der Waals surface area contributed by atoms with Crippen LogP contribution in [0.2, 0.25) is 0 Å². The summed E-state index contributed by atoms with van der Waals surface area (Å²) in [6, 6.07) is 0. The molecule has 1 nitrogen and oxygen atoms in total. The highest BCUT2D eigenvalue weighted by Crippen LogP contribution is 2.45. The third-order valence-electron chi connectivity index (χ3n) is 4.81. The van der Waals surface area contributed by atoms with Gasteiger partial charge in [0.15, 0.2) is 63.9 Å². The van der Waals surface area contributed by atoms with Crippen LogP contribution in [0.1, 0.15) is 22.6 Å². The first-order chi connectivity index (χ1) is 16.2. The highest BCUT2D eigenvalue weighted by atomic mass is 19.2. The lowest BCUT2D eigenvalue weighted by atomic mass is 9.82. The van der Waals surface area contributed by atoms with Crippen molar-refractivity contribution < 1.29 is 66.2 Å². The number of benzene rings is 3. The fourth-order valence-corrected chi connectivity index (χ4v) is 3.24. The van der Waals surface area contributed by atoms with E-state index in [1.807, 2.05) is 0 Å². The largest absolute Gasteiger partial charge is 0.491 e. The second-order valence-corrected chi connectivity index (χ2v) is 6.60. The van der Waals surface area contributed by atoms with E-state index in [0.29, 0.717) is 7.11 Å². The topological polar surface area (TPSA) is 9.23 Å². The lowest BCUT2D eigenvalue weighted by Crippen LogP contribution is -2.22. The third kappa shape index (κ3) is 3.63. The van der Waals surface area contributed by atoms with E-state index in [0.717, 1.165) is 0 Å². The zero-order valence-corrected chi connectivity index (χ0v) is 16.3. The minimum absolute atomic E-state index is 0.464. The van der Waals surface area contributed by atoms with Crippen LogP contribution in [0.3, 0.4) is 0 Å². The Kier molecular flexibility index (Phi) is 6.65. The van der Waals surface area contributed by atoms with E-state index in [9.17, 15) is 61.5 Å². The van der Waals surface area contributed by atoms with Crippen molar-refractivity contribution in [1.29, 1.82) is 0 Å². The Balaban J connectivity index is 2.68. The van der Waals surface area contributed by atoms with E-state index >= 15 is 0 Å². The molecule has 0 fully saturated rings. The van der Waals surface area contributed by atoms with E-state index < -0.39 is 110 Å². The van der Waals surface area contributed by atoms with Gasteiger partial charge in [-0.15, -0.1) is 0 Å². The fraction of sp³-hybridized carbons (Fsp3) is 0.100. The van der Waals surface area contributed by atoms with Gasteiger partial charge >= 0.3 is 0 Å². The van der Waals surface area contributed by atoms with E-state index in [1.165, 1.54) is 0 Å².